The second-order valence-electron chi connectivity index (χ2n) is 2.33. The van der Waals surface area contributed by atoms with Crippen molar-refractivity contribution in [3.8, 4) is 0 Å². The van der Waals surface area contributed by atoms with Crippen LogP contribution in [0.2, 0.25) is 0 Å². The molecule has 0 amide bonds. The molecule has 2 nitrogen and oxygen atoms in total. The Morgan fingerprint density at radius 2 is 1.50 bits per heavy atom. The zero-order valence-corrected chi connectivity index (χ0v) is 10.0. The average molecular weight is 176 g/mol. The van der Waals surface area contributed by atoms with Crippen molar-refractivity contribution < 1.29 is 0 Å². The highest BCUT2D eigenvalue weighted by molar-refractivity contribution is 4.56. The third kappa shape index (κ3) is 12.6. The minimum Gasteiger partial charge on any atom is -0.333 e. The Kier molecular flexibility index (Phi) is 25.5. The van der Waals surface area contributed by atoms with Gasteiger partial charge in [0.1, 0.15) is 0 Å². The van der Waals surface area contributed by atoms with Crippen LogP contribution in [0.3, 0.4) is 0 Å². The molecule has 2 N–H and O–H groups in total. The molecule has 1 unspecified atom stereocenters. The lowest BCUT2D eigenvalue weighted by Crippen LogP contribution is -2.27. The van der Waals surface area contributed by atoms with E-state index < -0.39 is 0 Å². The Hall–Kier alpha value is -0.0800. The molecule has 2 heteroatoms. The summed E-state index contributed by atoms with van der Waals surface area (Å²) in [4.78, 5) is 2.35. The van der Waals surface area contributed by atoms with Gasteiger partial charge in [0.15, 0.2) is 0 Å². The van der Waals surface area contributed by atoms with E-state index in [9.17, 15) is 0 Å². The van der Waals surface area contributed by atoms with E-state index in [0.717, 1.165) is 12.6 Å². The largest absolute Gasteiger partial charge is 0.333 e. The first-order valence-corrected chi connectivity index (χ1v) is 5.00. The van der Waals surface area contributed by atoms with Gasteiger partial charge in [-0.3, -0.25) is 0 Å². The fourth-order valence-corrected chi connectivity index (χ4v) is 0.623. The first-order valence-electron chi connectivity index (χ1n) is 5.00. The van der Waals surface area contributed by atoms with Crippen molar-refractivity contribution in [1.82, 2.24) is 4.90 Å². The summed E-state index contributed by atoms with van der Waals surface area (Å²) in [5.41, 5.74) is 4.50. The van der Waals surface area contributed by atoms with Crippen molar-refractivity contribution in [2.75, 3.05) is 20.6 Å². The van der Waals surface area contributed by atoms with Gasteiger partial charge >= 0.3 is 0 Å². The molecular formula is C10H28N2. The van der Waals surface area contributed by atoms with Crippen LogP contribution in [0.25, 0.3) is 0 Å². The summed E-state index contributed by atoms with van der Waals surface area (Å²) in [5, 5.41) is 0. The maximum atomic E-state index is 4.50. The summed E-state index contributed by atoms with van der Waals surface area (Å²) in [6.07, 6.45) is 1.25. The standard InChI is InChI=1S/C7H17N.C2H6.CH5N/c1-5-7(3)8(4)6-2;2*1-2/h7H,5-6H2,1-4H3;1-2H3;2H2,1H3. The quantitative estimate of drug-likeness (QED) is 0.715. The highest BCUT2D eigenvalue weighted by Gasteiger charge is 2.01. The van der Waals surface area contributed by atoms with Gasteiger partial charge in [0.05, 0.1) is 0 Å². The highest BCUT2D eigenvalue weighted by atomic mass is 15.1. The molecule has 0 rings (SSSR count). The molecule has 12 heavy (non-hydrogen) atoms. The van der Waals surface area contributed by atoms with Crippen LogP contribution in [0.1, 0.15) is 41.0 Å². The van der Waals surface area contributed by atoms with Gasteiger partial charge in [-0.25, -0.2) is 0 Å². The molecule has 0 heterocycles. The summed E-state index contributed by atoms with van der Waals surface area (Å²) in [7, 11) is 3.66. The minimum atomic E-state index is 0.750. The zero-order valence-electron chi connectivity index (χ0n) is 10.0. The van der Waals surface area contributed by atoms with Crippen molar-refractivity contribution in [3.05, 3.63) is 0 Å². The summed E-state index contributed by atoms with van der Waals surface area (Å²) in [6, 6.07) is 0.750. The molecule has 0 aliphatic heterocycles. The molecule has 0 spiro atoms. The maximum Gasteiger partial charge on any atom is 0.00611 e. The molecular weight excluding hydrogens is 148 g/mol. The van der Waals surface area contributed by atoms with Crippen molar-refractivity contribution in [1.29, 1.82) is 0 Å². The first-order chi connectivity index (χ1) is 5.72. The number of rotatable bonds is 3. The van der Waals surface area contributed by atoms with Crippen molar-refractivity contribution in [2.24, 2.45) is 5.73 Å². The summed E-state index contributed by atoms with van der Waals surface area (Å²) >= 11 is 0. The average Bonchev–Trinajstić information content (AvgIpc) is 2.21. The third-order valence-electron chi connectivity index (χ3n) is 1.84. The second kappa shape index (κ2) is 17.1. The number of hydrogen-bond donors (Lipinski definition) is 1. The van der Waals surface area contributed by atoms with Gasteiger partial charge in [-0.15, -0.1) is 0 Å². The van der Waals surface area contributed by atoms with Crippen molar-refractivity contribution in [3.63, 3.8) is 0 Å². The number of nitrogens with zero attached hydrogens (tertiary/aromatic N) is 1. The zero-order chi connectivity index (χ0) is 10.6. The Morgan fingerprint density at radius 3 is 1.58 bits per heavy atom. The molecule has 0 bridgehead atoms. The van der Waals surface area contributed by atoms with Gasteiger partial charge in [-0.2, -0.15) is 0 Å². The maximum absolute atomic E-state index is 4.50. The number of hydrogen-bond acceptors (Lipinski definition) is 2. The fraction of sp³-hybridized carbons (Fsp3) is 1.00. The molecule has 0 aromatic rings. The molecule has 0 fully saturated rings. The predicted octanol–water partition coefficient (Wildman–Crippen LogP) is 2.34. The van der Waals surface area contributed by atoms with Gasteiger partial charge in [0.2, 0.25) is 0 Å². The molecule has 0 aromatic carbocycles. The van der Waals surface area contributed by atoms with E-state index >= 15 is 0 Å². The van der Waals surface area contributed by atoms with Crippen LogP contribution in [-0.2, 0) is 0 Å². The normalized spacial score (nSPS) is 10.8. The molecule has 0 aliphatic rings. The van der Waals surface area contributed by atoms with E-state index in [0.29, 0.717) is 0 Å². The van der Waals surface area contributed by atoms with E-state index in [1.54, 1.807) is 0 Å². The molecule has 0 aromatic heterocycles. The van der Waals surface area contributed by atoms with E-state index in [-0.39, 0.29) is 0 Å². The van der Waals surface area contributed by atoms with Gasteiger partial charge in [0.25, 0.3) is 0 Å². The lowest BCUT2D eigenvalue weighted by atomic mass is 10.2. The Labute approximate surface area is 79.1 Å². The van der Waals surface area contributed by atoms with Crippen LogP contribution in [0.5, 0.6) is 0 Å². The topological polar surface area (TPSA) is 29.3 Å². The SMILES string of the molecule is CC.CCC(C)N(C)CC.CN. The molecule has 0 radical (unpaired) electrons. The smallest absolute Gasteiger partial charge is 0.00611 e. The first kappa shape index (κ1) is 17.9. The molecule has 78 valence electrons. The lowest BCUT2D eigenvalue weighted by Gasteiger charge is -2.20. The summed E-state index contributed by atoms with van der Waals surface area (Å²) in [6.45, 7) is 11.8. The van der Waals surface area contributed by atoms with Crippen LogP contribution in [0, 0.1) is 0 Å². The molecule has 0 saturated carbocycles. The summed E-state index contributed by atoms with van der Waals surface area (Å²) in [5.74, 6) is 0. The van der Waals surface area contributed by atoms with Gasteiger partial charge in [-0.05, 0) is 34.0 Å². The van der Waals surface area contributed by atoms with E-state index in [4.69, 9.17) is 0 Å². The van der Waals surface area contributed by atoms with Crippen LogP contribution in [0.15, 0.2) is 0 Å². The summed E-state index contributed by atoms with van der Waals surface area (Å²) < 4.78 is 0. The fourth-order valence-electron chi connectivity index (χ4n) is 0.623. The predicted molar refractivity (Wildman–Crippen MR) is 59.5 cm³/mol. The monoisotopic (exact) mass is 176 g/mol. The van der Waals surface area contributed by atoms with Crippen molar-refractivity contribution >= 4 is 0 Å². The Morgan fingerprint density at radius 1 is 1.17 bits per heavy atom. The van der Waals surface area contributed by atoms with Gasteiger partial charge in [0, 0.05) is 6.04 Å². The Bertz CT molecular complexity index is 47.8. The number of nitrogens with two attached hydrogens (primary N) is 1. The van der Waals surface area contributed by atoms with Crippen LogP contribution in [0.4, 0.5) is 0 Å². The minimum absolute atomic E-state index is 0.750. The van der Waals surface area contributed by atoms with Crippen LogP contribution in [-0.4, -0.2) is 31.6 Å². The molecule has 0 saturated heterocycles. The third-order valence-corrected chi connectivity index (χ3v) is 1.84. The van der Waals surface area contributed by atoms with Crippen molar-refractivity contribution in [2.45, 2.75) is 47.1 Å². The highest BCUT2D eigenvalue weighted by Crippen LogP contribution is 1.97. The Balaban J connectivity index is -0.000000175. The van der Waals surface area contributed by atoms with E-state index in [1.807, 2.05) is 13.8 Å². The second-order valence-corrected chi connectivity index (χ2v) is 2.33. The molecule has 1 atom stereocenters. The van der Waals surface area contributed by atoms with Gasteiger partial charge < -0.3 is 10.6 Å². The lowest BCUT2D eigenvalue weighted by molar-refractivity contribution is 0.265. The van der Waals surface area contributed by atoms with E-state index in [2.05, 4.69) is 38.5 Å². The van der Waals surface area contributed by atoms with Crippen LogP contribution < -0.4 is 5.73 Å². The molecule has 0 aliphatic carbocycles. The van der Waals surface area contributed by atoms with E-state index in [1.165, 1.54) is 13.5 Å². The van der Waals surface area contributed by atoms with Crippen LogP contribution >= 0.6 is 0 Å². The van der Waals surface area contributed by atoms with Gasteiger partial charge in [-0.1, -0.05) is 27.7 Å².